The highest BCUT2D eigenvalue weighted by molar-refractivity contribution is 6.22. The number of carbonyl (C=O) groups excluding carboxylic acids is 2. The molecule has 2 amide bonds. The molecule has 3 atom stereocenters. The summed E-state index contributed by atoms with van der Waals surface area (Å²) in [5.41, 5.74) is 1.15. The van der Waals surface area contributed by atoms with Crippen LogP contribution in [-0.4, -0.2) is 11.8 Å². The predicted octanol–water partition coefficient (Wildman–Crippen LogP) is 3.06. The average Bonchev–Trinajstić information content (AvgIpc) is 2.65. The number of benzene rings is 1. The lowest BCUT2D eigenvalue weighted by Crippen LogP contribution is -2.31. The Morgan fingerprint density at radius 1 is 1.15 bits per heavy atom. The van der Waals surface area contributed by atoms with Gasteiger partial charge in [-0.15, -0.1) is 0 Å². The molecule has 0 spiro atoms. The summed E-state index contributed by atoms with van der Waals surface area (Å²) >= 11 is 0. The Kier molecular flexibility index (Phi) is 3.11. The summed E-state index contributed by atoms with van der Waals surface area (Å²) in [5.74, 6) is -0.674. The molecule has 0 bridgehead atoms. The van der Waals surface area contributed by atoms with Gasteiger partial charge in [0.1, 0.15) is 5.82 Å². The SMILES string of the molecule is Cc1ccc(F)cc1N1C(=O)[C@H]2CC[C@@H](C)C[C@H]2C1=O. The number of halogens is 1. The average molecular weight is 275 g/mol. The fraction of sp³-hybridized carbons (Fsp3) is 0.500. The van der Waals surface area contributed by atoms with Crippen LogP contribution in [0.4, 0.5) is 10.1 Å². The van der Waals surface area contributed by atoms with Crippen molar-refractivity contribution >= 4 is 17.5 Å². The Hall–Kier alpha value is -1.71. The first-order valence-corrected chi connectivity index (χ1v) is 7.13. The number of imide groups is 1. The van der Waals surface area contributed by atoms with Crippen molar-refractivity contribution in [2.45, 2.75) is 33.1 Å². The number of amides is 2. The molecule has 3 nitrogen and oxygen atoms in total. The number of aryl methyl sites for hydroxylation is 1. The zero-order valence-corrected chi connectivity index (χ0v) is 11.7. The zero-order chi connectivity index (χ0) is 14.4. The van der Waals surface area contributed by atoms with Crippen molar-refractivity contribution in [3.05, 3.63) is 29.6 Å². The van der Waals surface area contributed by atoms with Gasteiger partial charge in [0.2, 0.25) is 11.8 Å². The summed E-state index contributed by atoms with van der Waals surface area (Å²) in [4.78, 5) is 26.3. The van der Waals surface area contributed by atoms with Gasteiger partial charge < -0.3 is 0 Å². The largest absolute Gasteiger partial charge is 0.274 e. The van der Waals surface area contributed by atoms with Crippen LogP contribution in [0.5, 0.6) is 0 Å². The highest BCUT2D eigenvalue weighted by Crippen LogP contribution is 2.42. The van der Waals surface area contributed by atoms with E-state index in [1.165, 1.54) is 17.0 Å². The van der Waals surface area contributed by atoms with Crippen LogP contribution in [-0.2, 0) is 9.59 Å². The third-order valence-electron chi connectivity index (χ3n) is 4.60. The molecule has 0 N–H and O–H groups in total. The minimum atomic E-state index is -0.422. The van der Waals surface area contributed by atoms with E-state index in [9.17, 15) is 14.0 Å². The number of anilines is 1. The quantitative estimate of drug-likeness (QED) is 0.739. The van der Waals surface area contributed by atoms with Crippen LogP contribution in [0.3, 0.4) is 0 Å². The number of rotatable bonds is 1. The lowest BCUT2D eigenvalue weighted by atomic mass is 9.76. The third kappa shape index (κ3) is 1.94. The topological polar surface area (TPSA) is 37.4 Å². The number of hydrogen-bond acceptors (Lipinski definition) is 2. The van der Waals surface area contributed by atoms with Crippen molar-refractivity contribution in [1.82, 2.24) is 0 Å². The van der Waals surface area contributed by atoms with Gasteiger partial charge in [0.05, 0.1) is 17.5 Å². The second-order valence-corrected chi connectivity index (χ2v) is 6.07. The van der Waals surface area contributed by atoms with E-state index in [0.29, 0.717) is 11.6 Å². The first-order chi connectivity index (χ1) is 9.49. The molecule has 1 aromatic rings. The highest BCUT2D eigenvalue weighted by atomic mass is 19.1. The van der Waals surface area contributed by atoms with Crippen LogP contribution < -0.4 is 4.90 Å². The molecule has 2 aliphatic rings. The molecule has 2 fully saturated rings. The third-order valence-corrected chi connectivity index (χ3v) is 4.60. The van der Waals surface area contributed by atoms with Crippen molar-refractivity contribution < 1.29 is 14.0 Å². The van der Waals surface area contributed by atoms with Gasteiger partial charge >= 0.3 is 0 Å². The molecule has 1 saturated heterocycles. The number of carbonyl (C=O) groups is 2. The van der Waals surface area contributed by atoms with Crippen LogP contribution in [0.2, 0.25) is 0 Å². The number of nitrogens with zero attached hydrogens (tertiary/aromatic N) is 1. The van der Waals surface area contributed by atoms with Crippen LogP contribution >= 0.6 is 0 Å². The maximum absolute atomic E-state index is 13.4. The van der Waals surface area contributed by atoms with Crippen molar-refractivity contribution in [3.63, 3.8) is 0 Å². The maximum Gasteiger partial charge on any atom is 0.237 e. The minimum absolute atomic E-state index is 0.152. The normalized spacial score (nSPS) is 29.8. The minimum Gasteiger partial charge on any atom is -0.274 e. The Balaban J connectivity index is 2.00. The molecule has 106 valence electrons. The van der Waals surface area contributed by atoms with E-state index >= 15 is 0 Å². The Morgan fingerprint density at radius 3 is 2.60 bits per heavy atom. The van der Waals surface area contributed by atoms with E-state index in [0.717, 1.165) is 24.8 Å². The van der Waals surface area contributed by atoms with E-state index in [4.69, 9.17) is 0 Å². The van der Waals surface area contributed by atoms with E-state index in [1.807, 2.05) is 0 Å². The van der Waals surface area contributed by atoms with Crippen molar-refractivity contribution in [1.29, 1.82) is 0 Å². The molecule has 1 aliphatic heterocycles. The number of fused-ring (bicyclic) bond motifs is 1. The Morgan fingerprint density at radius 2 is 1.85 bits per heavy atom. The summed E-state index contributed by atoms with van der Waals surface area (Å²) in [6.45, 7) is 3.91. The molecule has 1 aromatic carbocycles. The van der Waals surface area contributed by atoms with Crippen molar-refractivity contribution in [2.75, 3.05) is 4.90 Å². The smallest absolute Gasteiger partial charge is 0.237 e. The first-order valence-electron chi connectivity index (χ1n) is 7.13. The lowest BCUT2D eigenvalue weighted by Gasteiger charge is -2.25. The first kappa shape index (κ1) is 13.3. The molecule has 3 rings (SSSR count). The second kappa shape index (κ2) is 4.69. The molecular formula is C16H18FNO2. The fourth-order valence-corrected chi connectivity index (χ4v) is 3.45. The van der Waals surface area contributed by atoms with Crippen molar-refractivity contribution in [2.24, 2.45) is 17.8 Å². The van der Waals surface area contributed by atoms with E-state index in [-0.39, 0.29) is 23.7 Å². The van der Waals surface area contributed by atoms with Gasteiger partial charge in [-0.3, -0.25) is 9.59 Å². The number of hydrogen-bond donors (Lipinski definition) is 0. The molecule has 20 heavy (non-hydrogen) atoms. The van der Waals surface area contributed by atoms with Gasteiger partial charge in [-0.1, -0.05) is 13.0 Å². The van der Waals surface area contributed by atoms with Crippen LogP contribution in [0.1, 0.15) is 31.7 Å². The Bertz CT molecular complexity index is 584. The summed E-state index contributed by atoms with van der Waals surface area (Å²) in [5, 5.41) is 0. The summed E-state index contributed by atoms with van der Waals surface area (Å²) in [6, 6.07) is 4.24. The molecule has 0 radical (unpaired) electrons. The lowest BCUT2D eigenvalue weighted by molar-refractivity contribution is -0.122. The highest BCUT2D eigenvalue weighted by Gasteiger charge is 2.50. The van der Waals surface area contributed by atoms with Crippen LogP contribution in [0.15, 0.2) is 18.2 Å². The summed E-state index contributed by atoms with van der Waals surface area (Å²) in [6.07, 6.45) is 2.51. The molecule has 1 saturated carbocycles. The fourth-order valence-electron chi connectivity index (χ4n) is 3.45. The zero-order valence-electron chi connectivity index (χ0n) is 11.7. The molecule has 1 heterocycles. The van der Waals surface area contributed by atoms with Crippen LogP contribution in [0.25, 0.3) is 0 Å². The summed E-state index contributed by atoms with van der Waals surface area (Å²) < 4.78 is 13.4. The Labute approximate surface area is 117 Å². The van der Waals surface area contributed by atoms with E-state index in [2.05, 4.69) is 6.92 Å². The van der Waals surface area contributed by atoms with Gasteiger partial charge in [0, 0.05) is 0 Å². The molecule has 1 aliphatic carbocycles. The summed E-state index contributed by atoms with van der Waals surface area (Å²) in [7, 11) is 0. The molecule has 0 aromatic heterocycles. The van der Waals surface area contributed by atoms with E-state index in [1.54, 1.807) is 13.0 Å². The van der Waals surface area contributed by atoms with Crippen LogP contribution in [0, 0.1) is 30.5 Å². The monoisotopic (exact) mass is 275 g/mol. The van der Waals surface area contributed by atoms with Gasteiger partial charge in [-0.25, -0.2) is 9.29 Å². The second-order valence-electron chi connectivity index (χ2n) is 6.07. The van der Waals surface area contributed by atoms with Gasteiger partial charge in [-0.05, 0) is 49.8 Å². The molecule has 0 unspecified atom stereocenters. The van der Waals surface area contributed by atoms with Gasteiger partial charge in [0.15, 0.2) is 0 Å². The molecular weight excluding hydrogens is 257 g/mol. The maximum atomic E-state index is 13.4. The van der Waals surface area contributed by atoms with Gasteiger partial charge in [0.25, 0.3) is 0 Å². The standard InChI is InChI=1S/C16H18FNO2/c1-9-3-6-12-13(7-9)16(20)18(15(12)19)14-8-11(17)5-4-10(14)2/h4-5,8-9,12-13H,3,6-7H2,1-2H3/t9-,12+,13-/m1/s1. The van der Waals surface area contributed by atoms with E-state index < -0.39 is 5.82 Å². The van der Waals surface area contributed by atoms with Gasteiger partial charge in [-0.2, -0.15) is 0 Å². The van der Waals surface area contributed by atoms with Crippen molar-refractivity contribution in [3.8, 4) is 0 Å². The predicted molar refractivity (Wildman–Crippen MR) is 73.6 cm³/mol. The molecule has 4 heteroatoms.